The average Bonchev–Trinajstić information content (AvgIpc) is 2.73. The maximum atomic E-state index is 5.98. The van der Waals surface area contributed by atoms with E-state index in [9.17, 15) is 0 Å². The molecule has 0 aromatic carbocycles. The number of alkyl halides is 2. The third-order valence-electron chi connectivity index (χ3n) is 4.73. The molecule has 0 rings (SSSR count). The van der Waals surface area contributed by atoms with Crippen LogP contribution in [0, 0.1) is 0 Å². The second-order valence-electron chi connectivity index (χ2n) is 7.35. The van der Waals surface area contributed by atoms with E-state index in [1.807, 2.05) is 0 Å². The van der Waals surface area contributed by atoms with Gasteiger partial charge in [0.1, 0.15) is 13.6 Å². The van der Waals surface area contributed by atoms with Gasteiger partial charge in [-0.15, -0.1) is 0 Å². The minimum Gasteiger partial charge on any atom is -0.352 e. The van der Waals surface area contributed by atoms with Gasteiger partial charge in [-0.1, -0.05) is 95.7 Å². The molecule has 29 heavy (non-hydrogen) atoms. The molecular weight excluding hydrogens is 496 g/mol. The Labute approximate surface area is 197 Å². The molecular formula is C24H44Br2O3. The molecule has 0 aromatic heterocycles. The van der Waals surface area contributed by atoms with Gasteiger partial charge in [0.05, 0.1) is 12.2 Å². The Balaban J connectivity index is 4.06. The molecule has 5 heteroatoms. The van der Waals surface area contributed by atoms with Crippen LogP contribution in [0.1, 0.15) is 90.9 Å². The van der Waals surface area contributed by atoms with Crippen LogP contribution in [0.4, 0.5) is 0 Å². The number of halogens is 2. The maximum absolute atomic E-state index is 5.98. The topological polar surface area (TPSA) is 27.7 Å². The third kappa shape index (κ3) is 21.3. The van der Waals surface area contributed by atoms with E-state index < -0.39 is 0 Å². The van der Waals surface area contributed by atoms with Gasteiger partial charge in [0.2, 0.25) is 0 Å². The summed E-state index contributed by atoms with van der Waals surface area (Å²) in [6.45, 7) is 5.10. The minimum atomic E-state index is 0.277. The first-order valence-corrected chi connectivity index (χ1v) is 13.8. The Kier molecular flexibility index (Phi) is 24.9. The predicted octanol–water partition coefficient (Wildman–Crippen LogP) is 8.31. The number of unbranched alkanes of at least 4 members (excludes halogenated alkanes) is 2. The second kappa shape index (κ2) is 24.6. The molecule has 0 radical (unpaired) electrons. The molecule has 0 aliphatic carbocycles. The molecule has 0 aliphatic rings. The summed E-state index contributed by atoms with van der Waals surface area (Å²) < 4.78 is 17.6. The van der Waals surface area contributed by atoms with Crippen LogP contribution in [0.5, 0.6) is 0 Å². The molecule has 2 atom stereocenters. The number of hydrogen-bond acceptors (Lipinski definition) is 3. The molecule has 0 spiro atoms. The zero-order valence-corrected chi connectivity index (χ0v) is 21.9. The Morgan fingerprint density at radius 1 is 0.621 bits per heavy atom. The van der Waals surface area contributed by atoms with Crippen LogP contribution in [0.2, 0.25) is 0 Å². The number of allylic oxidation sites excluding steroid dienone is 4. The summed E-state index contributed by atoms with van der Waals surface area (Å²) in [6, 6.07) is 0. The average molecular weight is 540 g/mol. The largest absolute Gasteiger partial charge is 0.352 e. The van der Waals surface area contributed by atoms with Gasteiger partial charge in [-0.25, -0.2) is 0 Å². The SMILES string of the molecule is CCCCC(CC/C=C/CCBr)OCOCOC(CC/C=C/CCBr)CCCC. The van der Waals surface area contributed by atoms with Crippen molar-refractivity contribution < 1.29 is 14.2 Å². The van der Waals surface area contributed by atoms with Crippen molar-refractivity contribution in [2.75, 3.05) is 24.2 Å². The highest BCUT2D eigenvalue weighted by Crippen LogP contribution is 2.14. The van der Waals surface area contributed by atoms with Gasteiger partial charge in [-0.2, -0.15) is 0 Å². The highest BCUT2D eigenvalue weighted by Gasteiger charge is 2.10. The van der Waals surface area contributed by atoms with Crippen LogP contribution in [0.3, 0.4) is 0 Å². The fraction of sp³-hybridized carbons (Fsp3) is 0.833. The van der Waals surface area contributed by atoms with E-state index >= 15 is 0 Å². The Morgan fingerprint density at radius 2 is 1.03 bits per heavy atom. The highest BCUT2D eigenvalue weighted by molar-refractivity contribution is 9.09. The van der Waals surface area contributed by atoms with E-state index in [0.29, 0.717) is 13.6 Å². The summed E-state index contributed by atoms with van der Waals surface area (Å²) in [5.41, 5.74) is 0. The first-order chi connectivity index (χ1) is 14.3. The fourth-order valence-electron chi connectivity index (χ4n) is 2.97. The van der Waals surface area contributed by atoms with Crippen LogP contribution in [0.15, 0.2) is 24.3 Å². The van der Waals surface area contributed by atoms with E-state index in [2.05, 4.69) is 70.0 Å². The Morgan fingerprint density at radius 3 is 1.41 bits per heavy atom. The zero-order valence-electron chi connectivity index (χ0n) is 18.8. The predicted molar refractivity (Wildman–Crippen MR) is 133 cm³/mol. The third-order valence-corrected chi connectivity index (χ3v) is 5.64. The quantitative estimate of drug-likeness (QED) is 0.0598. The van der Waals surface area contributed by atoms with Crippen molar-refractivity contribution in [3.05, 3.63) is 24.3 Å². The first kappa shape index (κ1) is 29.3. The van der Waals surface area contributed by atoms with Crippen molar-refractivity contribution in [3.8, 4) is 0 Å². The van der Waals surface area contributed by atoms with Gasteiger partial charge in [0.25, 0.3) is 0 Å². The van der Waals surface area contributed by atoms with E-state index in [0.717, 1.165) is 62.0 Å². The van der Waals surface area contributed by atoms with Crippen LogP contribution in [0.25, 0.3) is 0 Å². The van der Waals surface area contributed by atoms with Crippen molar-refractivity contribution in [2.45, 2.75) is 103 Å². The van der Waals surface area contributed by atoms with Crippen LogP contribution in [-0.4, -0.2) is 36.5 Å². The van der Waals surface area contributed by atoms with E-state index in [1.54, 1.807) is 0 Å². The molecule has 0 aliphatic heterocycles. The molecule has 172 valence electrons. The van der Waals surface area contributed by atoms with E-state index in [-0.39, 0.29) is 12.2 Å². The lowest BCUT2D eigenvalue weighted by molar-refractivity contribution is -0.167. The normalized spacial score (nSPS) is 14.2. The lowest BCUT2D eigenvalue weighted by Crippen LogP contribution is -2.19. The summed E-state index contributed by atoms with van der Waals surface area (Å²) in [5.74, 6) is 0. The molecule has 0 saturated carbocycles. The van der Waals surface area contributed by atoms with Crippen LogP contribution >= 0.6 is 31.9 Å². The number of ether oxygens (including phenoxy) is 3. The minimum absolute atomic E-state index is 0.277. The lowest BCUT2D eigenvalue weighted by Gasteiger charge is -2.19. The van der Waals surface area contributed by atoms with Crippen LogP contribution < -0.4 is 0 Å². The highest BCUT2D eigenvalue weighted by atomic mass is 79.9. The molecule has 0 heterocycles. The van der Waals surface area contributed by atoms with E-state index in [4.69, 9.17) is 14.2 Å². The van der Waals surface area contributed by atoms with E-state index in [1.165, 1.54) is 25.7 Å². The standard InChI is InChI=1S/C24H44Br2O3/c1-3-5-15-23(17-11-7-9-13-19-25)28-21-27-22-29-24(16-6-4-2)18-12-8-10-14-20-26/h7-10,23-24H,3-6,11-22H2,1-2H3/b9-7+,10-8+. The first-order valence-electron chi connectivity index (χ1n) is 11.5. The van der Waals surface area contributed by atoms with Crippen molar-refractivity contribution in [3.63, 3.8) is 0 Å². The smallest absolute Gasteiger partial charge is 0.149 e. The van der Waals surface area contributed by atoms with Gasteiger partial charge in [-0.3, -0.25) is 0 Å². The molecule has 0 N–H and O–H groups in total. The molecule has 0 bridgehead atoms. The van der Waals surface area contributed by atoms with Crippen molar-refractivity contribution in [1.82, 2.24) is 0 Å². The maximum Gasteiger partial charge on any atom is 0.149 e. The summed E-state index contributed by atoms with van der Waals surface area (Å²) in [7, 11) is 0. The molecule has 0 aromatic rings. The van der Waals surface area contributed by atoms with Gasteiger partial charge in [-0.05, 0) is 51.4 Å². The summed E-state index contributed by atoms with van der Waals surface area (Å²) >= 11 is 6.90. The van der Waals surface area contributed by atoms with Crippen molar-refractivity contribution >= 4 is 31.9 Å². The molecule has 2 unspecified atom stereocenters. The lowest BCUT2D eigenvalue weighted by atomic mass is 10.1. The number of rotatable bonds is 22. The molecule has 0 saturated heterocycles. The fourth-order valence-corrected chi connectivity index (χ4v) is 3.50. The summed E-state index contributed by atoms with van der Waals surface area (Å²) in [4.78, 5) is 0. The van der Waals surface area contributed by atoms with Gasteiger partial charge < -0.3 is 14.2 Å². The molecule has 3 nitrogen and oxygen atoms in total. The monoisotopic (exact) mass is 538 g/mol. The Hall–Kier alpha value is 0.320. The summed E-state index contributed by atoms with van der Waals surface area (Å²) in [6.07, 6.45) is 23.0. The molecule has 0 fully saturated rings. The van der Waals surface area contributed by atoms with Gasteiger partial charge >= 0.3 is 0 Å². The van der Waals surface area contributed by atoms with Gasteiger partial charge in [0.15, 0.2) is 0 Å². The summed E-state index contributed by atoms with van der Waals surface area (Å²) in [5, 5.41) is 2.05. The van der Waals surface area contributed by atoms with Crippen LogP contribution in [-0.2, 0) is 14.2 Å². The number of hydrogen-bond donors (Lipinski definition) is 0. The molecule has 0 amide bonds. The zero-order chi connectivity index (χ0) is 21.4. The second-order valence-corrected chi connectivity index (χ2v) is 8.94. The van der Waals surface area contributed by atoms with Crippen molar-refractivity contribution in [2.24, 2.45) is 0 Å². The van der Waals surface area contributed by atoms with Crippen molar-refractivity contribution in [1.29, 1.82) is 0 Å². The Bertz CT molecular complexity index is 341. The van der Waals surface area contributed by atoms with Gasteiger partial charge in [0, 0.05) is 10.7 Å².